The molecule has 1 unspecified atom stereocenters. The van der Waals surface area contributed by atoms with Crippen LogP contribution in [0.15, 0.2) is 18.3 Å². The third kappa shape index (κ3) is 3.51. The van der Waals surface area contributed by atoms with E-state index in [-0.39, 0.29) is 0 Å². The normalized spacial score (nSPS) is 20.8. The van der Waals surface area contributed by atoms with Gasteiger partial charge < -0.3 is 15.5 Å². The molecule has 0 amide bonds. The monoisotopic (exact) mass is 248 g/mol. The third-order valence-electron chi connectivity index (χ3n) is 3.74. The summed E-state index contributed by atoms with van der Waals surface area (Å²) in [6.07, 6.45) is 4.51. The van der Waals surface area contributed by atoms with Gasteiger partial charge in [0, 0.05) is 31.9 Å². The molecule has 100 valence electrons. The highest BCUT2D eigenvalue weighted by atomic mass is 15.2. The highest BCUT2D eigenvalue weighted by Crippen LogP contribution is 2.16. The molecule has 0 spiro atoms. The molecule has 18 heavy (non-hydrogen) atoms. The molecule has 4 nitrogen and oxygen atoms in total. The van der Waals surface area contributed by atoms with Crippen molar-refractivity contribution in [1.82, 2.24) is 14.8 Å². The lowest BCUT2D eigenvalue weighted by Crippen LogP contribution is -2.36. The van der Waals surface area contributed by atoms with Crippen LogP contribution in [0.2, 0.25) is 0 Å². The van der Waals surface area contributed by atoms with Gasteiger partial charge in [-0.1, -0.05) is 0 Å². The predicted octanol–water partition coefficient (Wildman–Crippen LogP) is 1.07. The Labute approximate surface area is 110 Å². The number of likely N-dealkylation sites (tertiary alicyclic amines) is 1. The molecule has 1 atom stereocenters. The van der Waals surface area contributed by atoms with Crippen molar-refractivity contribution in [2.75, 3.05) is 27.2 Å². The van der Waals surface area contributed by atoms with E-state index in [0.29, 0.717) is 12.6 Å². The van der Waals surface area contributed by atoms with E-state index < -0.39 is 0 Å². The van der Waals surface area contributed by atoms with Gasteiger partial charge in [-0.3, -0.25) is 4.98 Å². The largest absolute Gasteiger partial charge is 0.325 e. The van der Waals surface area contributed by atoms with Crippen LogP contribution >= 0.6 is 0 Å². The number of rotatable bonds is 5. The first kappa shape index (κ1) is 13.5. The second-order valence-electron chi connectivity index (χ2n) is 5.33. The van der Waals surface area contributed by atoms with Gasteiger partial charge in [-0.05, 0) is 51.2 Å². The molecule has 1 aromatic rings. The molecule has 0 saturated carbocycles. The molecule has 1 aromatic heterocycles. The van der Waals surface area contributed by atoms with Gasteiger partial charge in [-0.25, -0.2) is 0 Å². The molecular weight excluding hydrogens is 224 g/mol. The molecule has 4 heteroatoms. The highest BCUT2D eigenvalue weighted by Gasteiger charge is 2.21. The van der Waals surface area contributed by atoms with E-state index in [4.69, 9.17) is 5.73 Å². The Morgan fingerprint density at radius 2 is 2.39 bits per heavy atom. The van der Waals surface area contributed by atoms with Gasteiger partial charge in [0.25, 0.3) is 0 Å². The van der Waals surface area contributed by atoms with Crippen LogP contribution in [0.5, 0.6) is 0 Å². The van der Waals surface area contributed by atoms with Crippen LogP contribution in [-0.4, -0.2) is 48.0 Å². The summed E-state index contributed by atoms with van der Waals surface area (Å²) >= 11 is 0. The molecule has 0 aromatic carbocycles. The van der Waals surface area contributed by atoms with Crippen LogP contribution in [0.1, 0.15) is 24.1 Å². The summed E-state index contributed by atoms with van der Waals surface area (Å²) in [5, 5.41) is 0. The summed E-state index contributed by atoms with van der Waals surface area (Å²) in [5.74, 6) is 0. The average Bonchev–Trinajstić information content (AvgIpc) is 2.75. The maximum absolute atomic E-state index is 5.62. The second-order valence-corrected chi connectivity index (χ2v) is 5.33. The molecule has 1 aliphatic heterocycles. The lowest BCUT2D eigenvalue weighted by Gasteiger charge is -2.25. The second kappa shape index (κ2) is 6.27. The first-order chi connectivity index (χ1) is 8.69. The Morgan fingerprint density at radius 3 is 3.06 bits per heavy atom. The number of nitrogens with zero attached hydrogens (tertiary/aromatic N) is 3. The van der Waals surface area contributed by atoms with E-state index in [1.165, 1.54) is 24.9 Å². The lowest BCUT2D eigenvalue weighted by atomic mass is 10.2. The Balaban J connectivity index is 1.88. The molecule has 1 saturated heterocycles. The van der Waals surface area contributed by atoms with Crippen molar-refractivity contribution in [3.05, 3.63) is 29.6 Å². The fraction of sp³-hybridized carbons (Fsp3) is 0.643. The predicted molar refractivity (Wildman–Crippen MR) is 74.1 cm³/mol. The van der Waals surface area contributed by atoms with Gasteiger partial charge in [0.2, 0.25) is 0 Å². The molecule has 2 N–H and O–H groups in total. The van der Waals surface area contributed by atoms with Gasteiger partial charge in [-0.2, -0.15) is 0 Å². The lowest BCUT2D eigenvalue weighted by molar-refractivity contribution is 0.215. The topological polar surface area (TPSA) is 45.4 Å². The summed E-state index contributed by atoms with van der Waals surface area (Å²) in [7, 11) is 4.42. The molecule has 0 radical (unpaired) electrons. The van der Waals surface area contributed by atoms with Crippen LogP contribution in [0, 0.1) is 0 Å². The van der Waals surface area contributed by atoms with E-state index in [1.807, 2.05) is 6.20 Å². The quantitative estimate of drug-likeness (QED) is 0.846. The van der Waals surface area contributed by atoms with Crippen molar-refractivity contribution >= 4 is 0 Å². The summed E-state index contributed by atoms with van der Waals surface area (Å²) in [5.41, 5.74) is 7.89. The molecule has 1 fully saturated rings. The zero-order chi connectivity index (χ0) is 13.0. The maximum atomic E-state index is 5.62. The van der Waals surface area contributed by atoms with Crippen molar-refractivity contribution in [3.63, 3.8) is 0 Å². The minimum Gasteiger partial charge on any atom is -0.325 e. The number of hydrogen-bond donors (Lipinski definition) is 1. The summed E-state index contributed by atoms with van der Waals surface area (Å²) in [6, 6.07) is 4.90. The van der Waals surface area contributed by atoms with Gasteiger partial charge >= 0.3 is 0 Å². The maximum Gasteiger partial charge on any atom is 0.0542 e. The van der Waals surface area contributed by atoms with Crippen LogP contribution in [0.4, 0.5) is 0 Å². The van der Waals surface area contributed by atoms with Crippen LogP contribution in [0.25, 0.3) is 0 Å². The molecule has 1 aliphatic rings. The molecule has 0 bridgehead atoms. The fourth-order valence-corrected chi connectivity index (χ4v) is 2.68. The number of nitrogens with two attached hydrogens (primary N) is 1. The molecular formula is C14H24N4. The van der Waals surface area contributed by atoms with Crippen LogP contribution in [-0.2, 0) is 13.1 Å². The molecule has 2 heterocycles. The Kier molecular flexibility index (Phi) is 4.69. The third-order valence-corrected chi connectivity index (χ3v) is 3.74. The Hall–Kier alpha value is -0.970. The number of likely N-dealkylation sites (N-methyl/N-ethyl adjacent to an activating group) is 2. The molecule has 2 rings (SSSR count). The van der Waals surface area contributed by atoms with Crippen molar-refractivity contribution in [1.29, 1.82) is 0 Å². The minimum absolute atomic E-state index is 0.517. The van der Waals surface area contributed by atoms with E-state index in [9.17, 15) is 0 Å². The van der Waals surface area contributed by atoms with Crippen LogP contribution < -0.4 is 5.73 Å². The van der Waals surface area contributed by atoms with Crippen LogP contribution in [0.3, 0.4) is 0 Å². The first-order valence-electron chi connectivity index (χ1n) is 6.71. The number of aromatic nitrogens is 1. The van der Waals surface area contributed by atoms with Gasteiger partial charge in [0.05, 0.1) is 5.69 Å². The van der Waals surface area contributed by atoms with Gasteiger partial charge in [-0.15, -0.1) is 0 Å². The number of hydrogen-bond acceptors (Lipinski definition) is 4. The van der Waals surface area contributed by atoms with Crippen molar-refractivity contribution in [3.8, 4) is 0 Å². The minimum atomic E-state index is 0.517. The van der Waals surface area contributed by atoms with E-state index in [1.54, 1.807) is 0 Å². The van der Waals surface area contributed by atoms with E-state index in [0.717, 1.165) is 18.8 Å². The Bertz CT molecular complexity index is 380. The van der Waals surface area contributed by atoms with Crippen molar-refractivity contribution in [2.45, 2.75) is 32.0 Å². The summed E-state index contributed by atoms with van der Waals surface area (Å²) < 4.78 is 0. The van der Waals surface area contributed by atoms with Crippen molar-refractivity contribution in [2.24, 2.45) is 5.73 Å². The highest BCUT2D eigenvalue weighted by molar-refractivity contribution is 5.16. The smallest absolute Gasteiger partial charge is 0.0542 e. The Morgan fingerprint density at radius 1 is 1.56 bits per heavy atom. The zero-order valence-corrected chi connectivity index (χ0v) is 11.5. The van der Waals surface area contributed by atoms with E-state index >= 15 is 0 Å². The average molecular weight is 248 g/mol. The van der Waals surface area contributed by atoms with E-state index in [2.05, 4.69) is 41.0 Å². The fourth-order valence-electron chi connectivity index (χ4n) is 2.68. The summed E-state index contributed by atoms with van der Waals surface area (Å²) in [4.78, 5) is 9.09. The SMILES string of the molecule is CN(Cc1ccnc(CN)c1)CC1CCCN1C. The standard InChI is InChI=1S/C14H24N4/c1-17(11-14-4-3-7-18(14)2)10-12-5-6-16-13(8-12)9-15/h5-6,8,14H,3-4,7,9-11,15H2,1-2H3. The van der Waals surface area contributed by atoms with Gasteiger partial charge in [0.15, 0.2) is 0 Å². The van der Waals surface area contributed by atoms with Gasteiger partial charge in [0.1, 0.15) is 0 Å². The van der Waals surface area contributed by atoms with Crippen molar-refractivity contribution < 1.29 is 0 Å². The molecule has 0 aliphatic carbocycles. The first-order valence-corrected chi connectivity index (χ1v) is 6.71. The zero-order valence-electron chi connectivity index (χ0n) is 11.5. The summed E-state index contributed by atoms with van der Waals surface area (Å²) in [6.45, 7) is 3.87. The number of pyridine rings is 1.